The van der Waals surface area contributed by atoms with Crippen molar-refractivity contribution in [2.24, 2.45) is 0 Å². The molecule has 306 valence electrons. The second-order valence-corrected chi connectivity index (χ2v) is 15.4. The van der Waals surface area contributed by atoms with Crippen LogP contribution in [0.3, 0.4) is 0 Å². The first kappa shape index (κ1) is 39.5. The van der Waals surface area contributed by atoms with Gasteiger partial charge in [-0.15, -0.1) is 0 Å². The van der Waals surface area contributed by atoms with E-state index in [1.54, 1.807) is 36.4 Å². The average molecular weight is 848 g/mol. The summed E-state index contributed by atoms with van der Waals surface area (Å²) in [6.07, 6.45) is -10.2. The molecule has 0 saturated heterocycles. The number of hydrogen-bond acceptors (Lipinski definition) is 3. The maximum atomic E-state index is 14.4. The van der Waals surface area contributed by atoms with Crippen molar-refractivity contribution < 1.29 is 26.3 Å². The molecule has 0 N–H and O–H groups in total. The number of benzene rings is 8. The zero-order valence-electron chi connectivity index (χ0n) is 33.1. The van der Waals surface area contributed by atoms with E-state index in [9.17, 15) is 42.1 Å². The van der Waals surface area contributed by atoms with Gasteiger partial charge in [0.2, 0.25) is 0 Å². The first-order valence-corrected chi connectivity index (χ1v) is 19.8. The maximum absolute atomic E-state index is 14.4. The largest absolute Gasteiger partial charge is 0.416 e. The molecule has 0 fully saturated rings. The predicted molar refractivity (Wildman–Crippen MR) is 236 cm³/mol. The fraction of sp³-hybridized carbons (Fsp3) is 0.0377. The third-order valence-corrected chi connectivity index (χ3v) is 11.6. The molecule has 0 aliphatic carbocycles. The van der Waals surface area contributed by atoms with Gasteiger partial charge in [-0.2, -0.15) is 42.1 Å². The Bertz CT molecular complexity index is 3470. The van der Waals surface area contributed by atoms with Crippen LogP contribution in [-0.2, 0) is 12.4 Å². The van der Waals surface area contributed by atoms with Crippen molar-refractivity contribution in [3.8, 4) is 63.0 Å². The summed E-state index contributed by atoms with van der Waals surface area (Å²) >= 11 is 0. The van der Waals surface area contributed by atoms with Gasteiger partial charge in [-0.05, 0) is 124 Å². The maximum Gasteiger partial charge on any atom is 0.416 e. The fourth-order valence-electron chi connectivity index (χ4n) is 8.73. The fourth-order valence-corrected chi connectivity index (χ4v) is 8.73. The van der Waals surface area contributed by atoms with E-state index in [4.69, 9.17) is 0 Å². The van der Waals surface area contributed by atoms with Gasteiger partial charge in [0.25, 0.3) is 0 Å². The summed E-state index contributed by atoms with van der Waals surface area (Å²) < 4.78 is 90.1. The molecule has 0 spiro atoms. The van der Waals surface area contributed by atoms with Crippen molar-refractivity contribution in [2.45, 2.75) is 12.4 Å². The lowest BCUT2D eigenvalue weighted by atomic mass is 9.96. The van der Waals surface area contributed by atoms with Gasteiger partial charge in [0.15, 0.2) is 0 Å². The highest BCUT2D eigenvalue weighted by Crippen LogP contribution is 2.44. The van der Waals surface area contributed by atoms with E-state index in [-0.39, 0.29) is 34.1 Å². The van der Waals surface area contributed by atoms with Crippen molar-refractivity contribution in [1.29, 1.82) is 15.8 Å². The first-order chi connectivity index (χ1) is 30.8. The standard InChI is InChI=1S/C53H27F6N5/c54-52(55,56)39-21-37(22-40(27-39)53(57,58)59)38-25-50(63-46-13-3-1-11-41(46)43-23-35(15-17-48(43)63)33-9-5-7-31(19-33)28-60)45(30-62)51(26-38)64-47-14-4-2-12-42(47)44-24-36(16-18-49(44)64)34-10-6-8-32(20-34)29-61/h1-27H. The lowest BCUT2D eigenvalue weighted by Gasteiger charge is -2.20. The number of fused-ring (bicyclic) bond motifs is 6. The molecular weight excluding hydrogens is 821 g/mol. The molecule has 0 bridgehead atoms. The number of hydrogen-bond donors (Lipinski definition) is 0. The smallest absolute Gasteiger partial charge is 0.308 e. The third kappa shape index (κ3) is 6.57. The van der Waals surface area contributed by atoms with Gasteiger partial charge in [-0.3, -0.25) is 0 Å². The number of nitrogens with zero attached hydrogens (tertiary/aromatic N) is 5. The second-order valence-electron chi connectivity index (χ2n) is 15.4. The van der Waals surface area contributed by atoms with Crippen LogP contribution in [0.2, 0.25) is 0 Å². The van der Waals surface area contributed by atoms with Gasteiger partial charge in [0, 0.05) is 21.5 Å². The van der Waals surface area contributed by atoms with Crippen molar-refractivity contribution in [2.75, 3.05) is 0 Å². The molecule has 0 aliphatic rings. The third-order valence-electron chi connectivity index (χ3n) is 11.6. The van der Waals surface area contributed by atoms with Crippen LogP contribution in [0.1, 0.15) is 27.8 Å². The van der Waals surface area contributed by atoms with Crippen molar-refractivity contribution in [3.63, 3.8) is 0 Å². The predicted octanol–water partition coefficient (Wildman–Crippen LogP) is 14.5. The van der Waals surface area contributed by atoms with Crippen molar-refractivity contribution in [3.05, 3.63) is 192 Å². The minimum Gasteiger partial charge on any atom is -0.308 e. The average Bonchev–Trinajstić information content (AvgIpc) is 3.82. The number of para-hydroxylation sites is 2. The minimum atomic E-state index is -5.11. The normalized spacial score (nSPS) is 11.9. The van der Waals surface area contributed by atoms with Crippen molar-refractivity contribution >= 4 is 43.6 Å². The van der Waals surface area contributed by atoms with E-state index in [1.165, 1.54) is 12.1 Å². The highest BCUT2D eigenvalue weighted by molar-refractivity contribution is 6.12. The molecule has 2 heterocycles. The second kappa shape index (κ2) is 14.8. The molecule has 0 aliphatic heterocycles. The van der Waals surface area contributed by atoms with Crippen LogP contribution in [0.15, 0.2) is 164 Å². The van der Waals surface area contributed by atoms with Gasteiger partial charge in [-0.25, -0.2) is 0 Å². The molecule has 64 heavy (non-hydrogen) atoms. The topological polar surface area (TPSA) is 81.2 Å². The number of halogens is 6. The molecular formula is C53H27F6N5. The van der Waals surface area contributed by atoms with Gasteiger partial charge < -0.3 is 9.13 Å². The molecule has 8 aromatic carbocycles. The monoisotopic (exact) mass is 847 g/mol. The molecule has 0 saturated carbocycles. The van der Waals surface area contributed by atoms with Crippen LogP contribution in [0.4, 0.5) is 26.3 Å². The summed E-state index contributed by atoms with van der Waals surface area (Å²) in [6.45, 7) is 0. The zero-order chi connectivity index (χ0) is 44.5. The molecule has 10 rings (SSSR count). The molecule has 0 unspecified atom stereocenters. The van der Waals surface area contributed by atoms with Gasteiger partial charge >= 0.3 is 12.4 Å². The Morgan fingerprint density at radius 1 is 0.344 bits per heavy atom. The van der Waals surface area contributed by atoms with Crippen LogP contribution in [-0.4, -0.2) is 9.13 Å². The quantitative estimate of drug-likeness (QED) is 0.162. The van der Waals surface area contributed by atoms with Crippen LogP contribution in [0.5, 0.6) is 0 Å². The number of rotatable bonds is 5. The minimum absolute atomic E-state index is 0.00680. The molecule has 0 amide bonds. The highest BCUT2D eigenvalue weighted by Gasteiger charge is 2.37. The number of nitriles is 3. The van der Waals surface area contributed by atoms with Gasteiger partial charge in [-0.1, -0.05) is 72.8 Å². The molecule has 11 heteroatoms. The van der Waals surface area contributed by atoms with E-state index < -0.39 is 23.5 Å². The molecule has 0 radical (unpaired) electrons. The Labute approximate surface area is 360 Å². The zero-order valence-corrected chi connectivity index (χ0v) is 33.1. The van der Waals surface area contributed by atoms with E-state index in [0.29, 0.717) is 45.3 Å². The van der Waals surface area contributed by atoms with Crippen molar-refractivity contribution in [1.82, 2.24) is 9.13 Å². The lowest BCUT2D eigenvalue weighted by Crippen LogP contribution is -2.11. The number of aromatic nitrogens is 2. The summed E-state index contributed by atoms with van der Waals surface area (Å²) in [5, 5.41) is 33.6. The summed E-state index contributed by atoms with van der Waals surface area (Å²) in [4.78, 5) is 0. The van der Waals surface area contributed by atoms with Crippen LogP contribution < -0.4 is 0 Å². The van der Waals surface area contributed by atoms with E-state index >= 15 is 0 Å². The lowest BCUT2D eigenvalue weighted by molar-refractivity contribution is -0.143. The summed E-state index contributed by atoms with van der Waals surface area (Å²) in [7, 11) is 0. The van der Waals surface area contributed by atoms with E-state index in [2.05, 4.69) is 18.2 Å². The van der Waals surface area contributed by atoms with Gasteiger partial charge in [0.05, 0.1) is 67.8 Å². The highest BCUT2D eigenvalue weighted by atomic mass is 19.4. The Morgan fingerprint density at radius 3 is 1.17 bits per heavy atom. The summed E-state index contributed by atoms with van der Waals surface area (Å²) in [6, 6.07) is 51.6. The molecule has 5 nitrogen and oxygen atoms in total. The van der Waals surface area contributed by atoms with E-state index in [0.717, 1.165) is 43.8 Å². The van der Waals surface area contributed by atoms with E-state index in [1.807, 2.05) is 106 Å². The Morgan fingerprint density at radius 2 is 0.750 bits per heavy atom. The van der Waals surface area contributed by atoms with Crippen LogP contribution in [0.25, 0.3) is 88.4 Å². The Balaban J connectivity index is 1.31. The summed E-state index contributed by atoms with van der Waals surface area (Å²) in [5.41, 5.74) is 3.89. The first-order valence-electron chi connectivity index (χ1n) is 19.8. The molecule has 10 aromatic rings. The Hall–Kier alpha value is -8.59. The van der Waals surface area contributed by atoms with Crippen LogP contribution >= 0.6 is 0 Å². The number of alkyl halides is 6. The molecule has 2 aromatic heterocycles. The van der Waals surface area contributed by atoms with Crippen LogP contribution in [0, 0.1) is 34.0 Å². The van der Waals surface area contributed by atoms with Gasteiger partial charge in [0.1, 0.15) is 11.6 Å². The Kier molecular flexibility index (Phi) is 9.14. The summed E-state index contributed by atoms with van der Waals surface area (Å²) in [5.74, 6) is 0. The SMILES string of the molecule is N#Cc1cccc(-c2ccc3c(c2)c2ccccc2n3-c2cc(-c3cc(C(F)(F)F)cc(C(F)(F)F)c3)cc(-n3c4ccccc4c4cc(-c5cccc(C#N)c5)ccc43)c2C#N)c1. The molecule has 0 atom stereocenters.